The van der Waals surface area contributed by atoms with Crippen molar-refractivity contribution in [3.63, 3.8) is 0 Å². The summed E-state index contributed by atoms with van der Waals surface area (Å²) in [6, 6.07) is 2.44. The highest BCUT2D eigenvalue weighted by Gasteiger charge is 2.18. The summed E-state index contributed by atoms with van der Waals surface area (Å²) < 4.78 is 60.1. The average molecular weight is 290 g/mol. The highest BCUT2D eigenvalue weighted by molar-refractivity contribution is 7.86. The molecule has 0 saturated carbocycles. The van der Waals surface area contributed by atoms with Crippen LogP contribution in [0.1, 0.15) is 0 Å². The number of hydrogen-bond donors (Lipinski definition) is 3. The van der Waals surface area contributed by atoms with E-state index in [1.54, 1.807) is 0 Å². The monoisotopic (exact) mass is 289 g/mol. The summed E-state index contributed by atoms with van der Waals surface area (Å²) in [7, 11) is -9.15. The SMILES string of the molecule is Cl.Nc1ccc(S(=O)(=O)O)cc1S(=O)(=O)O. The zero-order valence-corrected chi connectivity index (χ0v) is 10.0. The van der Waals surface area contributed by atoms with Gasteiger partial charge < -0.3 is 5.73 Å². The van der Waals surface area contributed by atoms with Crippen molar-refractivity contribution in [3.05, 3.63) is 18.2 Å². The van der Waals surface area contributed by atoms with Crippen molar-refractivity contribution in [1.29, 1.82) is 0 Å². The summed E-state index contributed by atoms with van der Waals surface area (Å²) in [5.74, 6) is 0. The summed E-state index contributed by atoms with van der Waals surface area (Å²) in [6.07, 6.45) is 0. The second kappa shape index (κ2) is 4.55. The van der Waals surface area contributed by atoms with Crippen LogP contribution in [0.5, 0.6) is 0 Å². The lowest BCUT2D eigenvalue weighted by molar-refractivity contribution is 0.481. The molecule has 0 unspecified atom stereocenters. The van der Waals surface area contributed by atoms with Crippen molar-refractivity contribution in [1.82, 2.24) is 0 Å². The molecule has 0 aliphatic carbocycles. The van der Waals surface area contributed by atoms with Gasteiger partial charge in [0.05, 0.1) is 10.6 Å². The summed E-state index contributed by atoms with van der Waals surface area (Å²) in [5.41, 5.74) is 4.89. The van der Waals surface area contributed by atoms with Gasteiger partial charge in [-0.2, -0.15) is 16.8 Å². The normalized spacial score (nSPS) is 11.9. The molecule has 0 atom stereocenters. The second-order valence-electron chi connectivity index (χ2n) is 2.65. The van der Waals surface area contributed by atoms with E-state index >= 15 is 0 Å². The van der Waals surface area contributed by atoms with Crippen LogP contribution in [-0.2, 0) is 20.2 Å². The van der Waals surface area contributed by atoms with Gasteiger partial charge in [0, 0.05) is 0 Å². The first-order valence-electron chi connectivity index (χ1n) is 3.47. The molecule has 0 bridgehead atoms. The fraction of sp³-hybridized carbons (Fsp3) is 0. The molecule has 0 heterocycles. The Hall–Kier alpha value is -0.870. The Kier molecular flexibility index (Phi) is 4.31. The van der Waals surface area contributed by atoms with E-state index in [1.807, 2.05) is 0 Å². The van der Waals surface area contributed by atoms with Crippen LogP contribution in [0.25, 0.3) is 0 Å². The first-order valence-corrected chi connectivity index (χ1v) is 6.35. The molecule has 0 aromatic heterocycles. The molecule has 0 saturated heterocycles. The Morgan fingerprint density at radius 3 is 1.88 bits per heavy atom. The molecule has 1 aromatic rings. The molecule has 0 spiro atoms. The number of anilines is 1. The van der Waals surface area contributed by atoms with Crippen LogP contribution in [0.4, 0.5) is 5.69 Å². The van der Waals surface area contributed by atoms with Gasteiger partial charge in [0.1, 0.15) is 4.90 Å². The van der Waals surface area contributed by atoms with Gasteiger partial charge in [0.25, 0.3) is 20.2 Å². The van der Waals surface area contributed by atoms with Crippen molar-refractivity contribution in [3.8, 4) is 0 Å². The predicted octanol–water partition coefficient (Wildman–Crippen LogP) is 0.184. The fourth-order valence-corrected chi connectivity index (χ4v) is 2.12. The molecule has 7 nitrogen and oxygen atoms in total. The molecule has 0 fully saturated rings. The van der Waals surface area contributed by atoms with Crippen LogP contribution in [0.3, 0.4) is 0 Å². The summed E-state index contributed by atoms with van der Waals surface area (Å²) >= 11 is 0. The molecule has 4 N–H and O–H groups in total. The first kappa shape index (κ1) is 15.1. The van der Waals surface area contributed by atoms with E-state index in [4.69, 9.17) is 14.8 Å². The van der Waals surface area contributed by atoms with Crippen molar-refractivity contribution in [2.45, 2.75) is 9.79 Å². The third-order valence-corrected chi connectivity index (χ3v) is 3.32. The molecule has 0 amide bonds. The Balaban J connectivity index is 0.00000225. The van der Waals surface area contributed by atoms with Crippen LogP contribution in [0, 0.1) is 0 Å². The molecule has 0 aliphatic rings. The Morgan fingerprint density at radius 1 is 1.00 bits per heavy atom. The molecular formula is C6H8ClNO6S2. The minimum absolute atomic E-state index is 0. The average Bonchev–Trinajstić information content (AvgIpc) is 2.00. The third-order valence-electron chi connectivity index (χ3n) is 1.56. The van der Waals surface area contributed by atoms with E-state index < -0.39 is 30.0 Å². The number of benzene rings is 1. The molecule has 16 heavy (non-hydrogen) atoms. The molecule has 0 radical (unpaired) electrons. The van der Waals surface area contributed by atoms with E-state index in [0.29, 0.717) is 6.07 Å². The maximum absolute atomic E-state index is 10.7. The minimum Gasteiger partial charge on any atom is -0.398 e. The quantitative estimate of drug-likeness (QED) is 0.522. The fourth-order valence-electron chi connectivity index (χ4n) is 0.899. The van der Waals surface area contributed by atoms with Gasteiger partial charge in [0.15, 0.2) is 0 Å². The Bertz CT molecular complexity index is 593. The van der Waals surface area contributed by atoms with Crippen molar-refractivity contribution in [2.75, 3.05) is 5.73 Å². The lowest BCUT2D eigenvalue weighted by Gasteiger charge is -2.03. The van der Waals surface area contributed by atoms with Crippen molar-refractivity contribution in [2.24, 2.45) is 0 Å². The molecule has 0 aliphatic heterocycles. The van der Waals surface area contributed by atoms with E-state index in [9.17, 15) is 16.8 Å². The lowest BCUT2D eigenvalue weighted by Crippen LogP contribution is -2.06. The largest absolute Gasteiger partial charge is 0.398 e. The van der Waals surface area contributed by atoms with Gasteiger partial charge in [-0.05, 0) is 18.2 Å². The number of nitrogen functional groups attached to an aromatic ring is 1. The first-order chi connectivity index (χ1) is 6.62. The standard InChI is InChI=1S/C6H7NO6S2.ClH/c7-5-2-1-4(14(8,9)10)3-6(5)15(11,12)13;/h1-3H,7H2,(H,8,9,10)(H,11,12,13);1H. The topological polar surface area (TPSA) is 135 Å². The molecule has 10 heteroatoms. The van der Waals surface area contributed by atoms with E-state index in [2.05, 4.69) is 0 Å². The Morgan fingerprint density at radius 2 is 1.50 bits per heavy atom. The van der Waals surface area contributed by atoms with Gasteiger partial charge in [-0.3, -0.25) is 9.11 Å². The van der Waals surface area contributed by atoms with Crippen molar-refractivity contribution >= 4 is 38.3 Å². The maximum Gasteiger partial charge on any atom is 0.296 e. The van der Waals surface area contributed by atoms with E-state index in [0.717, 1.165) is 12.1 Å². The van der Waals surface area contributed by atoms with Crippen molar-refractivity contribution < 1.29 is 25.9 Å². The smallest absolute Gasteiger partial charge is 0.296 e. The number of hydrogen-bond acceptors (Lipinski definition) is 5. The summed E-state index contributed by atoms with van der Waals surface area (Å²) in [5, 5.41) is 0. The molecule has 1 aromatic carbocycles. The third kappa shape index (κ3) is 3.32. The van der Waals surface area contributed by atoms with Crippen LogP contribution in [0.2, 0.25) is 0 Å². The maximum atomic E-state index is 10.7. The predicted molar refractivity (Wildman–Crippen MR) is 57.7 cm³/mol. The van der Waals surface area contributed by atoms with Gasteiger partial charge in [0.2, 0.25) is 0 Å². The summed E-state index contributed by atoms with van der Waals surface area (Å²) in [4.78, 5) is -1.43. The Labute approximate surface area is 98.2 Å². The number of nitrogens with two attached hydrogens (primary N) is 1. The van der Waals surface area contributed by atoms with Gasteiger partial charge >= 0.3 is 0 Å². The van der Waals surface area contributed by atoms with Gasteiger partial charge in [-0.15, -0.1) is 12.4 Å². The van der Waals surface area contributed by atoms with Crippen LogP contribution < -0.4 is 5.73 Å². The van der Waals surface area contributed by atoms with E-state index in [1.165, 1.54) is 0 Å². The zero-order chi connectivity index (χ0) is 11.9. The van der Waals surface area contributed by atoms with Gasteiger partial charge in [-0.25, -0.2) is 0 Å². The van der Waals surface area contributed by atoms with Crippen LogP contribution in [0.15, 0.2) is 28.0 Å². The molecule has 1 rings (SSSR count). The van der Waals surface area contributed by atoms with Crippen LogP contribution in [-0.4, -0.2) is 25.9 Å². The highest BCUT2D eigenvalue weighted by atomic mass is 35.5. The minimum atomic E-state index is -4.62. The summed E-state index contributed by atoms with van der Waals surface area (Å²) in [6.45, 7) is 0. The highest BCUT2D eigenvalue weighted by Crippen LogP contribution is 2.21. The molecule has 92 valence electrons. The second-order valence-corrected chi connectivity index (χ2v) is 5.46. The zero-order valence-electron chi connectivity index (χ0n) is 7.56. The number of rotatable bonds is 2. The number of halogens is 1. The lowest BCUT2D eigenvalue weighted by atomic mass is 10.3. The van der Waals surface area contributed by atoms with Gasteiger partial charge in [-0.1, -0.05) is 0 Å². The van der Waals surface area contributed by atoms with E-state index in [-0.39, 0.29) is 18.1 Å². The van der Waals surface area contributed by atoms with Crippen LogP contribution >= 0.6 is 12.4 Å². The molecular weight excluding hydrogens is 282 g/mol.